The van der Waals surface area contributed by atoms with Gasteiger partial charge < -0.3 is 15.3 Å². The van der Waals surface area contributed by atoms with E-state index in [1.807, 2.05) is 37.3 Å². The maximum absolute atomic E-state index is 12.6. The summed E-state index contributed by atoms with van der Waals surface area (Å²) < 4.78 is 0. The van der Waals surface area contributed by atoms with Crippen molar-refractivity contribution in [2.45, 2.75) is 49.9 Å². The van der Waals surface area contributed by atoms with E-state index in [1.54, 1.807) is 0 Å². The summed E-state index contributed by atoms with van der Waals surface area (Å²) in [5.74, 6) is -1.69. The minimum atomic E-state index is -1.05. The van der Waals surface area contributed by atoms with Crippen LogP contribution in [0.2, 0.25) is 0 Å². The molecule has 1 saturated heterocycles. The van der Waals surface area contributed by atoms with Crippen LogP contribution in [0.5, 0.6) is 0 Å². The lowest BCUT2D eigenvalue weighted by Crippen LogP contribution is -2.52. The van der Waals surface area contributed by atoms with Gasteiger partial charge in [-0.3, -0.25) is 14.4 Å². The van der Waals surface area contributed by atoms with Gasteiger partial charge in [0.05, 0.1) is 5.25 Å². The molecule has 2 unspecified atom stereocenters. The highest BCUT2D eigenvalue weighted by atomic mass is 32.1. The first-order valence-electron chi connectivity index (χ1n) is 8.43. The van der Waals surface area contributed by atoms with Crippen molar-refractivity contribution in [2.24, 2.45) is 0 Å². The molecule has 1 aliphatic rings. The molecule has 0 aliphatic carbocycles. The number of hydrogen-bond acceptors (Lipinski definition) is 4. The van der Waals surface area contributed by atoms with Gasteiger partial charge >= 0.3 is 5.97 Å². The van der Waals surface area contributed by atoms with Crippen molar-refractivity contribution in [3.8, 4) is 0 Å². The molecule has 0 spiro atoms. The molecule has 0 bridgehead atoms. The molecule has 1 fully saturated rings. The van der Waals surface area contributed by atoms with Gasteiger partial charge in [0.25, 0.3) is 0 Å². The molecule has 1 aromatic rings. The molecule has 136 valence electrons. The van der Waals surface area contributed by atoms with E-state index in [1.165, 1.54) is 4.90 Å². The summed E-state index contributed by atoms with van der Waals surface area (Å²) in [4.78, 5) is 37.4. The van der Waals surface area contributed by atoms with Crippen molar-refractivity contribution < 1.29 is 19.5 Å². The molecule has 3 atom stereocenters. The summed E-state index contributed by atoms with van der Waals surface area (Å²) in [6.45, 7) is 1.49. The third-order valence-electron chi connectivity index (χ3n) is 4.42. The largest absolute Gasteiger partial charge is 0.480 e. The average molecular weight is 364 g/mol. The number of aliphatic carboxylic acids is 1. The minimum absolute atomic E-state index is 0.151. The lowest BCUT2D eigenvalue weighted by atomic mass is 10.1. The monoisotopic (exact) mass is 364 g/mol. The number of carboxylic acids is 1. The molecular formula is C18H24N2O4S. The Labute approximate surface area is 153 Å². The lowest BCUT2D eigenvalue weighted by molar-refractivity contribution is -0.147. The van der Waals surface area contributed by atoms with Crippen LogP contribution >= 0.6 is 12.6 Å². The number of likely N-dealkylation sites (tertiary alicyclic amines) is 1. The number of thiol groups is 1. The van der Waals surface area contributed by atoms with Gasteiger partial charge in [-0.25, -0.2) is 0 Å². The molecule has 0 radical (unpaired) electrons. The highest BCUT2D eigenvalue weighted by Crippen LogP contribution is 2.18. The van der Waals surface area contributed by atoms with Crippen molar-refractivity contribution in [1.82, 2.24) is 10.2 Å². The van der Waals surface area contributed by atoms with Gasteiger partial charge in [0.1, 0.15) is 12.6 Å². The van der Waals surface area contributed by atoms with Crippen molar-refractivity contribution in [1.29, 1.82) is 0 Å². The summed E-state index contributed by atoms with van der Waals surface area (Å²) in [6.07, 6.45) is 2.45. The van der Waals surface area contributed by atoms with E-state index in [4.69, 9.17) is 5.11 Å². The number of rotatable bonds is 6. The lowest BCUT2D eigenvalue weighted by Gasteiger charge is -2.28. The van der Waals surface area contributed by atoms with Crippen molar-refractivity contribution in [3.63, 3.8) is 0 Å². The van der Waals surface area contributed by atoms with Crippen LogP contribution in [0.15, 0.2) is 30.3 Å². The zero-order valence-corrected chi connectivity index (χ0v) is 15.1. The van der Waals surface area contributed by atoms with Gasteiger partial charge in [0.15, 0.2) is 0 Å². The molecule has 7 heteroatoms. The molecule has 2 N–H and O–H groups in total. The number of amides is 2. The van der Waals surface area contributed by atoms with E-state index < -0.39 is 17.3 Å². The SMILES string of the molecule is CC1CCCC(NC(=O)[C@@H](S)Cc2ccccc2)C(=O)N1CC(=O)O. The summed E-state index contributed by atoms with van der Waals surface area (Å²) in [5.41, 5.74) is 0.992. The summed E-state index contributed by atoms with van der Waals surface area (Å²) >= 11 is 4.36. The number of benzene rings is 1. The third kappa shape index (κ3) is 5.49. The fourth-order valence-corrected chi connectivity index (χ4v) is 3.31. The summed E-state index contributed by atoms with van der Waals surface area (Å²) in [6, 6.07) is 8.69. The molecule has 1 aliphatic heterocycles. The van der Waals surface area contributed by atoms with Crippen LogP contribution in [0.25, 0.3) is 0 Å². The average Bonchev–Trinajstić information content (AvgIpc) is 2.69. The Balaban J connectivity index is 2.00. The van der Waals surface area contributed by atoms with E-state index >= 15 is 0 Å². The van der Waals surface area contributed by atoms with Gasteiger partial charge in [-0.1, -0.05) is 30.3 Å². The first-order valence-corrected chi connectivity index (χ1v) is 8.94. The molecule has 1 aromatic carbocycles. The molecule has 0 aromatic heterocycles. The number of nitrogens with one attached hydrogen (secondary N) is 1. The Morgan fingerprint density at radius 3 is 2.64 bits per heavy atom. The van der Waals surface area contributed by atoms with Crippen LogP contribution in [0.3, 0.4) is 0 Å². The predicted molar refractivity (Wildman–Crippen MR) is 97.5 cm³/mol. The summed E-state index contributed by atoms with van der Waals surface area (Å²) in [7, 11) is 0. The number of hydrogen-bond donors (Lipinski definition) is 3. The second kappa shape index (κ2) is 8.89. The highest BCUT2D eigenvalue weighted by Gasteiger charge is 2.33. The Hall–Kier alpha value is -2.02. The van der Waals surface area contributed by atoms with E-state index in [0.717, 1.165) is 18.4 Å². The Morgan fingerprint density at radius 2 is 2.00 bits per heavy atom. The molecule has 2 rings (SSSR count). The van der Waals surface area contributed by atoms with Gasteiger partial charge in [0, 0.05) is 6.04 Å². The Morgan fingerprint density at radius 1 is 1.32 bits per heavy atom. The topological polar surface area (TPSA) is 86.7 Å². The Kier molecular flexibility index (Phi) is 6.87. The number of carboxylic acid groups (broad SMARTS) is 1. The van der Waals surface area contributed by atoms with Crippen molar-refractivity contribution in [2.75, 3.05) is 6.54 Å². The summed E-state index contributed by atoms with van der Waals surface area (Å²) in [5, 5.41) is 11.2. The maximum atomic E-state index is 12.6. The standard InChI is InChI=1S/C18H24N2O4S/c1-12-6-5-9-14(18(24)20(12)11-16(21)22)19-17(23)15(25)10-13-7-3-2-4-8-13/h2-4,7-8,12,14-15,25H,5-6,9-11H2,1H3,(H,19,23)(H,21,22)/t12?,14?,15-/m0/s1. The zero-order chi connectivity index (χ0) is 18.4. The minimum Gasteiger partial charge on any atom is -0.480 e. The van der Waals surface area contributed by atoms with Crippen LogP contribution in [-0.4, -0.2) is 51.7 Å². The molecular weight excluding hydrogens is 340 g/mol. The molecule has 25 heavy (non-hydrogen) atoms. The van der Waals surface area contributed by atoms with Crippen molar-refractivity contribution in [3.05, 3.63) is 35.9 Å². The maximum Gasteiger partial charge on any atom is 0.323 e. The van der Waals surface area contributed by atoms with Crippen molar-refractivity contribution >= 4 is 30.4 Å². The molecule has 1 heterocycles. The quantitative estimate of drug-likeness (QED) is 0.668. The van der Waals surface area contributed by atoms with Gasteiger partial charge in [-0.2, -0.15) is 12.6 Å². The second-order valence-corrected chi connectivity index (χ2v) is 7.03. The van der Waals surface area contributed by atoms with E-state index in [-0.39, 0.29) is 24.4 Å². The van der Waals surface area contributed by atoms with E-state index in [2.05, 4.69) is 17.9 Å². The van der Waals surface area contributed by atoms with Crippen LogP contribution in [0, 0.1) is 0 Å². The van der Waals surface area contributed by atoms with Crippen LogP contribution < -0.4 is 5.32 Å². The van der Waals surface area contributed by atoms with E-state index in [0.29, 0.717) is 12.8 Å². The fraction of sp³-hybridized carbons (Fsp3) is 0.500. The highest BCUT2D eigenvalue weighted by molar-refractivity contribution is 7.81. The third-order valence-corrected chi connectivity index (χ3v) is 4.84. The second-order valence-electron chi connectivity index (χ2n) is 6.41. The van der Waals surface area contributed by atoms with Gasteiger partial charge in [0.2, 0.25) is 11.8 Å². The first kappa shape index (κ1) is 19.3. The van der Waals surface area contributed by atoms with Crippen LogP contribution in [0.4, 0.5) is 0 Å². The predicted octanol–water partition coefficient (Wildman–Crippen LogP) is 1.50. The fourth-order valence-electron chi connectivity index (χ4n) is 3.03. The first-order chi connectivity index (χ1) is 11.9. The smallest absolute Gasteiger partial charge is 0.323 e. The zero-order valence-electron chi connectivity index (χ0n) is 14.2. The number of nitrogens with zero attached hydrogens (tertiary/aromatic N) is 1. The normalized spacial score (nSPS) is 22.2. The van der Waals surface area contributed by atoms with E-state index in [9.17, 15) is 14.4 Å². The van der Waals surface area contributed by atoms with Gasteiger partial charge in [-0.15, -0.1) is 0 Å². The Bertz CT molecular complexity index is 623. The number of carbonyl (C=O) groups excluding carboxylic acids is 2. The molecule has 0 saturated carbocycles. The van der Waals surface area contributed by atoms with Gasteiger partial charge in [-0.05, 0) is 38.2 Å². The number of carbonyl (C=O) groups is 3. The van der Waals surface area contributed by atoms with Crippen LogP contribution in [-0.2, 0) is 20.8 Å². The van der Waals surface area contributed by atoms with Crippen LogP contribution in [0.1, 0.15) is 31.7 Å². The molecule has 6 nitrogen and oxygen atoms in total. The molecule has 2 amide bonds.